The molecular weight excluding hydrogens is 529 g/mol. The second kappa shape index (κ2) is 9.68. The molecule has 1 saturated heterocycles. The molecule has 0 bridgehead atoms. The zero-order chi connectivity index (χ0) is 22.0. The first kappa shape index (κ1) is 22.3. The summed E-state index contributed by atoms with van der Waals surface area (Å²) in [6.45, 7) is 4.34. The summed E-state index contributed by atoms with van der Waals surface area (Å²) in [5.74, 6) is -0.313. The molecule has 1 aromatic heterocycles. The molecule has 0 atom stereocenters. The molecule has 8 heteroatoms. The van der Waals surface area contributed by atoms with Crippen molar-refractivity contribution >= 4 is 51.0 Å². The Morgan fingerprint density at radius 2 is 1.90 bits per heavy atom. The molecule has 1 fully saturated rings. The van der Waals surface area contributed by atoms with Crippen molar-refractivity contribution in [2.24, 2.45) is 0 Å². The molecule has 6 nitrogen and oxygen atoms in total. The molecule has 0 radical (unpaired) electrons. The number of fused-ring (bicyclic) bond motifs is 1. The van der Waals surface area contributed by atoms with Crippen LogP contribution in [0.3, 0.4) is 0 Å². The maximum absolute atomic E-state index is 13.2. The lowest BCUT2D eigenvalue weighted by molar-refractivity contribution is 0.0342. The van der Waals surface area contributed by atoms with Crippen LogP contribution in [0.5, 0.6) is 0 Å². The third-order valence-electron chi connectivity index (χ3n) is 5.42. The van der Waals surface area contributed by atoms with Gasteiger partial charge >= 0.3 is 0 Å². The number of amides is 1. The first-order chi connectivity index (χ1) is 14.9. The van der Waals surface area contributed by atoms with Gasteiger partial charge in [-0.2, -0.15) is 0 Å². The molecule has 162 valence electrons. The van der Waals surface area contributed by atoms with Crippen LogP contribution in [-0.2, 0) is 17.8 Å². The third kappa shape index (κ3) is 5.11. The van der Waals surface area contributed by atoms with Crippen molar-refractivity contribution in [3.8, 4) is 0 Å². The van der Waals surface area contributed by atoms with Crippen molar-refractivity contribution in [3.05, 3.63) is 78.1 Å². The molecule has 1 aliphatic rings. The van der Waals surface area contributed by atoms with Gasteiger partial charge in [-0.25, -0.2) is 0 Å². The van der Waals surface area contributed by atoms with E-state index in [0.717, 1.165) is 53.1 Å². The van der Waals surface area contributed by atoms with Crippen LogP contribution in [0.1, 0.15) is 21.5 Å². The predicted octanol–water partition coefficient (Wildman–Crippen LogP) is 3.89. The Labute approximate surface area is 199 Å². The average molecular weight is 552 g/mol. The van der Waals surface area contributed by atoms with E-state index in [1.165, 1.54) is 6.20 Å². The number of aromatic amines is 1. The minimum absolute atomic E-state index is 0.142. The molecule has 1 aliphatic heterocycles. The molecule has 0 spiro atoms. The number of H-pyrrole nitrogens is 1. The van der Waals surface area contributed by atoms with Gasteiger partial charge in [-0.3, -0.25) is 14.5 Å². The SMILES string of the molecule is CN(Cc1ccc(Cl)cc1)C(=O)c1c[nH]c2c(I)cc(CN3CCOCC3)cc2c1=O. The van der Waals surface area contributed by atoms with E-state index >= 15 is 0 Å². The van der Waals surface area contributed by atoms with E-state index in [0.29, 0.717) is 17.0 Å². The van der Waals surface area contributed by atoms with E-state index in [9.17, 15) is 9.59 Å². The highest BCUT2D eigenvalue weighted by molar-refractivity contribution is 14.1. The van der Waals surface area contributed by atoms with Crippen LogP contribution >= 0.6 is 34.2 Å². The Morgan fingerprint density at radius 3 is 2.61 bits per heavy atom. The van der Waals surface area contributed by atoms with Crippen molar-refractivity contribution in [2.75, 3.05) is 33.4 Å². The van der Waals surface area contributed by atoms with Gasteiger partial charge in [0.25, 0.3) is 5.91 Å². The molecule has 1 N–H and O–H groups in total. The molecular formula is C23H23ClIN3O3. The molecule has 0 aliphatic carbocycles. The fraction of sp³-hybridized carbons (Fsp3) is 0.304. The molecule has 4 rings (SSSR count). The summed E-state index contributed by atoms with van der Waals surface area (Å²) in [4.78, 5) is 33.3. The number of nitrogens with one attached hydrogen (secondary N) is 1. The van der Waals surface area contributed by atoms with Crippen molar-refractivity contribution in [3.63, 3.8) is 0 Å². The van der Waals surface area contributed by atoms with Gasteiger partial charge in [0.05, 0.1) is 18.7 Å². The first-order valence-electron chi connectivity index (χ1n) is 10.1. The Balaban J connectivity index is 1.61. The van der Waals surface area contributed by atoms with Gasteiger partial charge < -0.3 is 14.6 Å². The van der Waals surface area contributed by atoms with Gasteiger partial charge in [0.2, 0.25) is 5.43 Å². The van der Waals surface area contributed by atoms with E-state index in [2.05, 4.69) is 38.5 Å². The van der Waals surface area contributed by atoms with E-state index in [-0.39, 0.29) is 16.9 Å². The molecule has 31 heavy (non-hydrogen) atoms. The summed E-state index contributed by atoms with van der Waals surface area (Å²) < 4.78 is 6.38. The number of carbonyl (C=O) groups is 1. The first-order valence-corrected chi connectivity index (χ1v) is 11.5. The number of ether oxygens (including phenoxy) is 1. The van der Waals surface area contributed by atoms with Crippen LogP contribution in [0.25, 0.3) is 10.9 Å². The lowest BCUT2D eigenvalue weighted by atomic mass is 10.1. The maximum Gasteiger partial charge on any atom is 0.259 e. The number of carbonyl (C=O) groups excluding carboxylic acids is 1. The Hall–Kier alpha value is -1.94. The highest BCUT2D eigenvalue weighted by Gasteiger charge is 2.19. The van der Waals surface area contributed by atoms with Gasteiger partial charge in [0, 0.05) is 53.4 Å². The standard InChI is InChI=1S/C23H23ClIN3O3/c1-27(13-15-2-4-17(24)5-3-15)23(30)19-12-26-21-18(22(19)29)10-16(11-20(21)25)14-28-6-8-31-9-7-28/h2-5,10-12H,6-9,13-14H2,1H3,(H,26,29). The van der Waals surface area contributed by atoms with Gasteiger partial charge in [0.15, 0.2) is 0 Å². The second-order valence-corrected chi connectivity index (χ2v) is 9.31. The smallest absolute Gasteiger partial charge is 0.259 e. The van der Waals surface area contributed by atoms with Crippen LogP contribution in [0, 0.1) is 3.57 Å². The largest absolute Gasteiger partial charge is 0.379 e. The molecule has 2 heterocycles. The number of morpholine rings is 1. The van der Waals surface area contributed by atoms with Gasteiger partial charge in [-0.05, 0) is 58.0 Å². The van der Waals surface area contributed by atoms with Crippen LogP contribution < -0.4 is 5.43 Å². The number of nitrogens with zero attached hydrogens (tertiary/aromatic N) is 2. The summed E-state index contributed by atoms with van der Waals surface area (Å²) in [5.41, 5.74) is 2.66. The van der Waals surface area contributed by atoms with Crippen molar-refractivity contribution in [1.82, 2.24) is 14.8 Å². The van der Waals surface area contributed by atoms with Crippen molar-refractivity contribution < 1.29 is 9.53 Å². The lowest BCUT2D eigenvalue weighted by Crippen LogP contribution is -2.35. The normalized spacial score (nSPS) is 14.7. The second-order valence-electron chi connectivity index (χ2n) is 7.71. The Morgan fingerprint density at radius 1 is 1.19 bits per heavy atom. The van der Waals surface area contributed by atoms with Crippen LogP contribution in [-0.4, -0.2) is 54.0 Å². The van der Waals surface area contributed by atoms with Crippen molar-refractivity contribution in [2.45, 2.75) is 13.1 Å². The summed E-state index contributed by atoms with van der Waals surface area (Å²) >= 11 is 8.17. The van der Waals surface area contributed by atoms with Gasteiger partial charge in [-0.1, -0.05) is 23.7 Å². The van der Waals surface area contributed by atoms with Gasteiger partial charge in [-0.15, -0.1) is 0 Å². The minimum Gasteiger partial charge on any atom is -0.379 e. The van der Waals surface area contributed by atoms with E-state index in [4.69, 9.17) is 16.3 Å². The molecule has 3 aromatic rings. The van der Waals surface area contributed by atoms with Crippen LogP contribution in [0.4, 0.5) is 0 Å². The Kier molecular flexibility index (Phi) is 6.95. The number of aromatic nitrogens is 1. The number of hydrogen-bond acceptors (Lipinski definition) is 4. The van der Waals surface area contributed by atoms with E-state index < -0.39 is 0 Å². The summed E-state index contributed by atoms with van der Waals surface area (Å²) in [6, 6.07) is 11.3. The zero-order valence-electron chi connectivity index (χ0n) is 17.2. The van der Waals surface area contributed by atoms with Crippen LogP contribution in [0.2, 0.25) is 5.02 Å². The fourth-order valence-electron chi connectivity index (χ4n) is 3.75. The maximum atomic E-state index is 13.2. The third-order valence-corrected chi connectivity index (χ3v) is 6.52. The molecule has 0 saturated carbocycles. The monoisotopic (exact) mass is 551 g/mol. The summed E-state index contributed by atoms with van der Waals surface area (Å²) in [5, 5.41) is 1.19. The van der Waals surface area contributed by atoms with E-state index in [1.54, 1.807) is 24.1 Å². The number of rotatable bonds is 5. The average Bonchev–Trinajstić information content (AvgIpc) is 2.76. The number of hydrogen-bond donors (Lipinski definition) is 1. The number of pyridine rings is 1. The minimum atomic E-state index is -0.313. The number of benzene rings is 2. The fourth-order valence-corrected chi connectivity index (χ4v) is 4.72. The van der Waals surface area contributed by atoms with Gasteiger partial charge in [0.1, 0.15) is 5.56 Å². The van der Waals surface area contributed by atoms with Crippen molar-refractivity contribution in [1.29, 1.82) is 0 Å². The summed E-state index contributed by atoms with van der Waals surface area (Å²) in [6.07, 6.45) is 1.52. The quantitative estimate of drug-likeness (QED) is 0.489. The highest BCUT2D eigenvalue weighted by atomic mass is 127. The topological polar surface area (TPSA) is 65.6 Å². The molecule has 1 amide bonds. The lowest BCUT2D eigenvalue weighted by Gasteiger charge is -2.26. The summed E-state index contributed by atoms with van der Waals surface area (Å²) in [7, 11) is 1.69. The van der Waals surface area contributed by atoms with E-state index in [1.807, 2.05) is 18.2 Å². The highest BCUT2D eigenvalue weighted by Crippen LogP contribution is 2.21. The Bertz CT molecular complexity index is 1160. The zero-order valence-corrected chi connectivity index (χ0v) is 20.1. The predicted molar refractivity (Wildman–Crippen MR) is 131 cm³/mol. The molecule has 0 unspecified atom stereocenters. The van der Waals surface area contributed by atoms with Crippen LogP contribution in [0.15, 0.2) is 47.4 Å². The molecule has 2 aromatic carbocycles. The number of halogens is 2.